The quantitative estimate of drug-likeness (QED) is 0.616. The van der Waals surface area contributed by atoms with Crippen LogP contribution in [0.3, 0.4) is 0 Å². The number of likely N-dealkylation sites (N-methyl/N-ethyl adjacent to an activating group) is 1. The van der Waals surface area contributed by atoms with E-state index in [-0.39, 0.29) is 18.5 Å². The summed E-state index contributed by atoms with van der Waals surface area (Å²) in [4.78, 5) is 24.3. The van der Waals surface area contributed by atoms with Gasteiger partial charge in [-0.25, -0.2) is 0 Å². The lowest BCUT2D eigenvalue weighted by Crippen LogP contribution is -2.43. The lowest BCUT2D eigenvalue weighted by molar-refractivity contribution is -0.141. The zero-order valence-electron chi connectivity index (χ0n) is 8.58. The van der Waals surface area contributed by atoms with E-state index in [9.17, 15) is 9.59 Å². The topological polar surface area (TPSA) is 58.6 Å². The van der Waals surface area contributed by atoms with Crippen molar-refractivity contribution in [3.05, 3.63) is 0 Å². The molecule has 1 N–H and O–H groups in total. The van der Waals surface area contributed by atoms with Gasteiger partial charge in [0.05, 0.1) is 13.2 Å². The van der Waals surface area contributed by atoms with Gasteiger partial charge in [0.2, 0.25) is 5.91 Å². The minimum absolute atomic E-state index is 0.0420. The van der Waals surface area contributed by atoms with Crippen LogP contribution in [0.25, 0.3) is 0 Å². The zero-order valence-corrected chi connectivity index (χ0v) is 8.58. The first-order valence-corrected chi connectivity index (χ1v) is 4.70. The Morgan fingerprint density at radius 1 is 1.57 bits per heavy atom. The van der Waals surface area contributed by atoms with Crippen molar-refractivity contribution in [2.45, 2.75) is 18.9 Å². The molecular weight excluding hydrogens is 184 g/mol. The SMILES string of the molecule is COC(=O)CNC(=O)C1CCCN1C. The molecule has 0 aromatic carbocycles. The normalized spacial score (nSPS) is 22.0. The van der Waals surface area contributed by atoms with E-state index in [1.165, 1.54) is 7.11 Å². The van der Waals surface area contributed by atoms with Crippen molar-refractivity contribution in [1.82, 2.24) is 10.2 Å². The molecule has 0 saturated carbocycles. The number of methoxy groups -OCH3 is 1. The number of nitrogens with zero attached hydrogens (tertiary/aromatic N) is 1. The summed E-state index contributed by atoms with van der Waals surface area (Å²) in [6.45, 7) is 0.899. The summed E-state index contributed by atoms with van der Waals surface area (Å²) in [7, 11) is 3.21. The number of hydrogen-bond donors (Lipinski definition) is 1. The van der Waals surface area contributed by atoms with Gasteiger partial charge < -0.3 is 10.1 Å². The van der Waals surface area contributed by atoms with Crippen LogP contribution in [0, 0.1) is 0 Å². The number of carbonyl (C=O) groups is 2. The van der Waals surface area contributed by atoms with Gasteiger partial charge in [-0.05, 0) is 26.4 Å². The van der Waals surface area contributed by atoms with Crippen LogP contribution in [0.1, 0.15) is 12.8 Å². The lowest BCUT2D eigenvalue weighted by atomic mass is 10.2. The number of rotatable bonds is 3. The minimum atomic E-state index is -0.418. The standard InChI is InChI=1S/C9H16N2O3/c1-11-5-3-4-7(11)9(13)10-6-8(12)14-2/h7H,3-6H2,1-2H3,(H,10,13). The molecule has 1 heterocycles. The van der Waals surface area contributed by atoms with Gasteiger partial charge in [0, 0.05) is 0 Å². The summed E-state index contributed by atoms with van der Waals surface area (Å²) < 4.78 is 4.42. The second-order valence-electron chi connectivity index (χ2n) is 3.43. The first-order chi connectivity index (χ1) is 6.65. The van der Waals surface area contributed by atoms with Gasteiger partial charge in [0.1, 0.15) is 6.54 Å². The van der Waals surface area contributed by atoms with Gasteiger partial charge in [-0.3, -0.25) is 14.5 Å². The number of ether oxygens (including phenoxy) is 1. The first-order valence-electron chi connectivity index (χ1n) is 4.70. The molecule has 1 amide bonds. The maximum atomic E-state index is 11.5. The largest absolute Gasteiger partial charge is 0.468 e. The van der Waals surface area contributed by atoms with Crippen LogP contribution in [0.15, 0.2) is 0 Å². The van der Waals surface area contributed by atoms with Crippen LogP contribution in [0.2, 0.25) is 0 Å². The van der Waals surface area contributed by atoms with E-state index in [0.717, 1.165) is 19.4 Å². The Balaban J connectivity index is 2.31. The molecule has 0 aromatic heterocycles. The van der Waals surface area contributed by atoms with Crippen molar-refractivity contribution in [1.29, 1.82) is 0 Å². The Labute approximate surface area is 83.4 Å². The maximum absolute atomic E-state index is 11.5. The molecule has 0 radical (unpaired) electrons. The number of likely N-dealkylation sites (tertiary alicyclic amines) is 1. The fourth-order valence-electron chi connectivity index (χ4n) is 1.59. The van der Waals surface area contributed by atoms with Gasteiger partial charge in [-0.2, -0.15) is 0 Å². The fraction of sp³-hybridized carbons (Fsp3) is 0.778. The molecule has 80 valence electrons. The Kier molecular flexibility index (Phi) is 3.88. The third kappa shape index (κ3) is 2.70. The van der Waals surface area contributed by atoms with Crippen molar-refractivity contribution in [3.63, 3.8) is 0 Å². The van der Waals surface area contributed by atoms with Crippen LogP contribution < -0.4 is 5.32 Å². The highest BCUT2D eigenvalue weighted by atomic mass is 16.5. The summed E-state index contributed by atoms with van der Waals surface area (Å²) >= 11 is 0. The van der Waals surface area contributed by atoms with Gasteiger partial charge in [-0.15, -0.1) is 0 Å². The van der Waals surface area contributed by atoms with Crippen LogP contribution >= 0.6 is 0 Å². The van der Waals surface area contributed by atoms with Gasteiger partial charge >= 0.3 is 5.97 Å². The van der Waals surface area contributed by atoms with Gasteiger partial charge in [0.25, 0.3) is 0 Å². The van der Waals surface area contributed by atoms with Crippen LogP contribution in [0.4, 0.5) is 0 Å². The van der Waals surface area contributed by atoms with Crippen LogP contribution in [-0.2, 0) is 14.3 Å². The number of amides is 1. The van der Waals surface area contributed by atoms with Crippen molar-refractivity contribution in [2.24, 2.45) is 0 Å². The van der Waals surface area contributed by atoms with Crippen molar-refractivity contribution < 1.29 is 14.3 Å². The Morgan fingerprint density at radius 2 is 2.29 bits per heavy atom. The zero-order chi connectivity index (χ0) is 10.6. The molecule has 14 heavy (non-hydrogen) atoms. The molecule has 0 aliphatic carbocycles. The van der Waals surface area contributed by atoms with Crippen LogP contribution in [0.5, 0.6) is 0 Å². The van der Waals surface area contributed by atoms with E-state index >= 15 is 0 Å². The molecule has 0 aromatic rings. The molecule has 1 aliphatic rings. The minimum Gasteiger partial charge on any atom is -0.468 e. The molecule has 1 unspecified atom stereocenters. The van der Waals surface area contributed by atoms with E-state index < -0.39 is 5.97 Å². The molecule has 1 aliphatic heterocycles. The van der Waals surface area contributed by atoms with Crippen LogP contribution in [-0.4, -0.2) is 50.1 Å². The molecular formula is C9H16N2O3. The first kappa shape index (κ1) is 11.0. The molecule has 1 atom stereocenters. The average Bonchev–Trinajstić information content (AvgIpc) is 2.60. The summed E-state index contributed by atoms with van der Waals surface area (Å²) in [5.74, 6) is -0.505. The highest BCUT2D eigenvalue weighted by Crippen LogP contribution is 2.14. The molecule has 1 fully saturated rings. The Morgan fingerprint density at radius 3 is 2.79 bits per heavy atom. The third-order valence-corrected chi connectivity index (χ3v) is 2.46. The number of esters is 1. The molecule has 5 heteroatoms. The second-order valence-corrected chi connectivity index (χ2v) is 3.43. The number of hydrogen-bond acceptors (Lipinski definition) is 4. The number of nitrogens with one attached hydrogen (secondary N) is 1. The fourth-order valence-corrected chi connectivity index (χ4v) is 1.59. The summed E-state index contributed by atoms with van der Waals surface area (Å²) in [6.07, 6.45) is 1.90. The van der Waals surface area contributed by atoms with Gasteiger partial charge in [-0.1, -0.05) is 0 Å². The average molecular weight is 200 g/mol. The van der Waals surface area contributed by atoms with Crippen molar-refractivity contribution in [2.75, 3.05) is 27.2 Å². The predicted octanol–water partition coefficient (Wildman–Crippen LogP) is -0.630. The highest BCUT2D eigenvalue weighted by Gasteiger charge is 2.27. The Hall–Kier alpha value is -1.10. The van der Waals surface area contributed by atoms with Crippen molar-refractivity contribution >= 4 is 11.9 Å². The third-order valence-electron chi connectivity index (χ3n) is 2.46. The summed E-state index contributed by atoms with van der Waals surface area (Å²) in [6, 6.07) is -0.0837. The van der Waals surface area contributed by atoms with E-state index in [4.69, 9.17) is 0 Å². The van der Waals surface area contributed by atoms with Gasteiger partial charge in [0.15, 0.2) is 0 Å². The molecule has 1 saturated heterocycles. The summed E-state index contributed by atoms with van der Waals surface area (Å²) in [5.41, 5.74) is 0. The highest BCUT2D eigenvalue weighted by molar-refractivity contribution is 5.85. The van der Waals surface area contributed by atoms with Crippen molar-refractivity contribution in [3.8, 4) is 0 Å². The van der Waals surface area contributed by atoms with E-state index in [1.54, 1.807) is 0 Å². The second kappa shape index (κ2) is 4.95. The Bertz CT molecular complexity index is 230. The number of carbonyl (C=O) groups excluding carboxylic acids is 2. The lowest BCUT2D eigenvalue weighted by Gasteiger charge is -2.17. The molecule has 5 nitrogen and oxygen atoms in total. The molecule has 1 rings (SSSR count). The van der Waals surface area contributed by atoms with E-state index in [1.807, 2.05) is 11.9 Å². The van der Waals surface area contributed by atoms with E-state index in [2.05, 4.69) is 10.1 Å². The molecule has 0 bridgehead atoms. The smallest absolute Gasteiger partial charge is 0.325 e. The summed E-state index contributed by atoms with van der Waals surface area (Å²) in [5, 5.41) is 2.55. The monoisotopic (exact) mass is 200 g/mol. The molecule has 0 spiro atoms. The maximum Gasteiger partial charge on any atom is 0.325 e. The predicted molar refractivity (Wildman–Crippen MR) is 50.7 cm³/mol. The van der Waals surface area contributed by atoms with E-state index in [0.29, 0.717) is 0 Å².